The van der Waals surface area contributed by atoms with Crippen LogP contribution in [-0.2, 0) is 9.53 Å². The predicted octanol–water partition coefficient (Wildman–Crippen LogP) is 3.22. The summed E-state index contributed by atoms with van der Waals surface area (Å²) >= 11 is 0. The zero-order valence-corrected chi connectivity index (χ0v) is 14.4. The molecule has 0 unspecified atom stereocenters. The molecule has 0 saturated heterocycles. The van der Waals surface area contributed by atoms with Crippen LogP contribution in [0, 0.1) is 17.8 Å². The molecule has 0 aliphatic carbocycles. The normalized spacial score (nSPS) is 11.6. The summed E-state index contributed by atoms with van der Waals surface area (Å²) in [6.45, 7) is 1.59. The Hall–Kier alpha value is -1.31. The van der Waals surface area contributed by atoms with Crippen molar-refractivity contribution in [2.24, 2.45) is 5.41 Å². The maximum atomic E-state index is 11.7. The Balaban J connectivity index is 3.59. The SMILES string of the molecule is C#CC/C=C\CCCCCCCC(=O)OCC(CC)(CO)CO. The van der Waals surface area contributed by atoms with Crippen LogP contribution >= 0.6 is 0 Å². The van der Waals surface area contributed by atoms with E-state index in [-0.39, 0.29) is 25.8 Å². The Bertz CT molecular complexity index is 356. The van der Waals surface area contributed by atoms with Gasteiger partial charge < -0.3 is 14.9 Å². The molecule has 0 aliphatic rings. The quantitative estimate of drug-likeness (QED) is 0.223. The van der Waals surface area contributed by atoms with Gasteiger partial charge in [-0.05, 0) is 25.7 Å². The van der Waals surface area contributed by atoms with E-state index in [1.807, 2.05) is 13.0 Å². The van der Waals surface area contributed by atoms with Crippen LogP contribution in [0.2, 0.25) is 0 Å². The van der Waals surface area contributed by atoms with E-state index in [1.165, 1.54) is 0 Å². The molecule has 0 fully saturated rings. The van der Waals surface area contributed by atoms with Crippen molar-refractivity contribution in [3.63, 3.8) is 0 Å². The largest absolute Gasteiger partial charge is 0.465 e. The van der Waals surface area contributed by atoms with Gasteiger partial charge in [0.25, 0.3) is 0 Å². The minimum Gasteiger partial charge on any atom is -0.465 e. The second-order valence-corrected chi connectivity index (χ2v) is 6.02. The minimum atomic E-state index is -0.706. The number of aliphatic hydroxyl groups is 2. The second-order valence-electron chi connectivity index (χ2n) is 6.02. The molecule has 23 heavy (non-hydrogen) atoms. The highest BCUT2D eigenvalue weighted by Crippen LogP contribution is 2.21. The van der Waals surface area contributed by atoms with E-state index in [9.17, 15) is 15.0 Å². The zero-order valence-electron chi connectivity index (χ0n) is 14.4. The number of aliphatic hydroxyl groups excluding tert-OH is 2. The first kappa shape index (κ1) is 21.7. The number of carbonyl (C=O) groups is 1. The van der Waals surface area contributed by atoms with Crippen LogP contribution in [-0.4, -0.2) is 36.0 Å². The molecule has 4 heteroatoms. The lowest BCUT2D eigenvalue weighted by Gasteiger charge is -2.27. The summed E-state index contributed by atoms with van der Waals surface area (Å²) in [6, 6.07) is 0. The van der Waals surface area contributed by atoms with Gasteiger partial charge in [0.05, 0.1) is 18.6 Å². The fourth-order valence-corrected chi connectivity index (χ4v) is 2.10. The van der Waals surface area contributed by atoms with Crippen molar-refractivity contribution in [3.05, 3.63) is 12.2 Å². The van der Waals surface area contributed by atoms with Crippen molar-refractivity contribution in [1.29, 1.82) is 0 Å². The number of carbonyl (C=O) groups excluding carboxylic acids is 1. The first-order valence-electron chi connectivity index (χ1n) is 8.60. The van der Waals surface area contributed by atoms with Crippen LogP contribution in [0.25, 0.3) is 0 Å². The molecule has 0 radical (unpaired) electrons. The van der Waals surface area contributed by atoms with Gasteiger partial charge in [-0.1, -0.05) is 38.3 Å². The fraction of sp³-hybridized carbons (Fsp3) is 0.737. The molecule has 132 valence electrons. The zero-order chi connectivity index (χ0) is 17.4. The molecule has 0 amide bonds. The van der Waals surface area contributed by atoms with Crippen molar-refractivity contribution in [2.75, 3.05) is 19.8 Å². The molecule has 0 heterocycles. The fourth-order valence-electron chi connectivity index (χ4n) is 2.10. The van der Waals surface area contributed by atoms with E-state index in [1.54, 1.807) is 0 Å². The number of allylic oxidation sites excluding steroid dienone is 2. The number of terminal acetylenes is 1. The van der Waals surface area contributed by atoms with Gasteiger partial charge >= 0.3 is 5.97 Å². The van der Waals surface area contributed by atoms with Gasteiger partial charge in [-0.15, -0.1) is 12.3 Å². The number of hydrogen-bond acceptors (Lipinski definition) is 4. The molecule has 0 spiro atoms. The van der Waals surface area contributed by atoms with Crippen LogP contribution in [0.4, 0.5) is 0 Å². The van der Waals surface area contributed by atoms with Gasteiger partial charge in [0.2, 0.25) is 0 Å². The van der Waals surface area contributed by atoms with Crippen molar-refractivity contribution < 1.29 is 19.7 Å². The molecular formula is C19H32O4. The average Bonchev–Trinajstić information content (AvgIpc) is 2.58. The van der Waals surface area contributed by atoms with Crippen molar-refractivity contribution >= 4 is 5.97 Å². The third-order valence-electron chi connectivity index (χ3n) is 4.11. The van der Waals surface area contributed by atoms with Crippen LogP contribution in [0.1, 0.15) is 64.7 Å². The molecule has 0 rings (SSSR count). The lowest BCUT2D eigenvalue weighted by molar-refractivity contribution is -0.149. The van der Waals surface area contributed by atoms with E-state index in [0.29, 0.717) is 19.3 Å². The number of rotatable bonds is 14. The maximum Gasteiger partial charge on any atom is 0.305 e. The molecule has 0 atom stereocenters. The van der Waals surface area contributed by atoms with Gasteiger partial charge in [0, 0.05) is 12.8 Å². The summed E-state index contributed by atoms with van der Waals surface area (Å²) in [5, 5.41) is 18.6. The van der Waals surface area contributed by atoms with Crippen molar-refractivity contribution in [2.45, 2.75) is 64.7 Å². The molecule has 0 bridgehead atoms. The Morgan fingerprint density at radius 2 is 1.78 bits per heavy atom. The van der Waals surface area contributed by atoms with Gasteiger partial charge in [0.1, 0.15) is 6.61 Å². The highest BCUT2D eigenvalue weighted by Gasteiger charge is 2.28. The Kier molecular flexibility index (Phi) is 13.5. The van der Waals surface area contributed by atoms with Crippen LogP contribution < -0.4 is 0 Å². The summed E-state index contributed by atoms with van der Waals surface area (Å²) in [5.74, 6) is 2.32. The van der Waals surface area contributed by atoms with E-state index in [2.05, 4.69) is 12.0 Å². The third-order valence-corrected chi connectivity index (χ3v) is 4.11. The van der Waals surface area contributed by atoms with Crippen molar-refractivity contribution in [3.8, 4) is 12.3 Å². The highest BCUT2D eigenvalue weighted by atomic mass is 16.5. The lowest BCUT2D eigenvalue weighted by atomic mass is 9.88. The molecule has 0 aliphatic heterocycles. The molecule has 0 aromatic heterocycles. The highest BCUT2D eigenvalue weighted by molar-refractivity contribution is 5.69. The van der Waals surface area contributed by atoms with Gasteiger partial charge in [-0.25, -0.2) is 0 Å². The Labute approximate surface area is 140 Å². The van der Waals surface area contributed by atoms with E-state index in [4.69, 9.17) is 11.2 Å². The smallest absolute Gasteiger partial charge is 0.305 e. The first-order chi connectivity index (χ1) is 11.1. The summed E-state index contributed by atoms with van der Waals surface area (Å²) in [4.78, 5) is 11.7. The van der Waals surface area contributed by atoms with E-state index < -0.39 is 5.41 Å². The topological polar surface area (TPSA) is 66.8 Å². The van der Waals surface area contributed by atoms with E-state index in [0.717, 1.165) is 38.5 Å². The molecular weight excluding hydrogens is 292 g/mol. The Morgan fingerprint density at radius 3 is 2.39 bits per heavy atom. The average molecular weight is 324 g/mol. The molecule has 0 saturated carbocycles. The summed E-state index contributed by atoms with van der Waals surface area (Å²) in [5.41, 5.74) is -0.706. The lowest BCUT2D eigenvalue weighted by Crippen LogP contribution is -2.35. The minimum absolute atomic E-state index is 0.0827. The number of ether oxygens (including phenoxy) is 1. The standard InChI is InChI=1S/C19H32O4/c1-3-5-6-7-8-9-10-11-12-13-14-18(22)23-17-19(4-2,15-20)16-21/h1,6-7,20-21H,4-5,8-17H2,2H3/b7-6-. The molecule has 4 nitrogen and oxygen atoms in total. The molecule has 0 aromatic rings. The summed E-state index contributed by atoms with van der Waals surface area (Å²) in [6.07, 6.45) is 17.3. The number of unbranched alkanes of at least 4 members (excludes halogenated alkanes) is 5. The third kappa shape index (κ3) is 11.0. The van der Waals surface area contributed by atoms with Crippen LogP contribution in [0.3, 0.4) is 0 Å². The monoisotopic (exact) mass is 324 g/mol. The number of hydrogen-bond donors (Lipinski definition) is 2. The summed E-state index contributed by atoms with van der Waals surface area (Å²) in [7, 11) is 0. The van der Waals surface area contributed by atoms with Gasteiger partial charge in [-0.2, -0.15) is 0 Å². The van der Waals surface area contributed by atoms with Gasteiger partial charge in [-0.3, -0.25) is 4.79 Å². The van der Waals surface area contributed by atoms with Crippen LogP contribution in [0.15, 0.2) is 12.2 Å². The molecule has 2 N–H and O–H groups in total. The van der Waals surface area contributed by atoms with Crippen LogP contribution in [0.5, 0.6) is 0 Å². The second kappa shape index (κ2) is 14.3. The predicted molar refractivity (Wildman–Crippen MR) is 92.8 cm³/mol. The van der Waals surface area contributed by atoms with Gasteiger partial charge in [0.15, 0.2) is 0 Å². The Morgan fingerprint density at radius 1 is 1.13 bits per heavy atom. The first-order valence-corrected chi connectivity index (χ1v) is 8.60. The molecule has 0 aromatic carbocycles. The van der Waals surface area contributed by atoms with E-state index >= 15 is 0 Å². The number of esters is 1. The summed E-state index contributed by atoms with van der Waals surface area (Å²) < 4.78 is 5.18. The van der Waals surface area contributed by atoms with Crippen molar-refractivity contribution in [1.82, 2.24) is 0 Å². The maximum absolute atomic E-state index is 11.7.